The maximum Gasteiger partial charge on any atom is 0.337 e. The average Bonchev–Trinajstić information content (AvgIpc) is 3.13. The van der Waals surface area contributed by atoms with Crippen molar-refractivity contribution in [3.63, 3.8) is 0 Å². The van der Waals surface area contributed by atoms with Gasteiger partial charge in [0.25, 0.3) is 0 Å². The van der Waals surface area contributed by atoms with Crippen LogP contribution in [0.5, 0.6) is 0 Å². The average molecular weight is 395 g/mol. The van der Waals surface area contributed by atoms with Crippen LogP contribution in [0.3, 0.4) is 0 Å². The number of hydrogen-bond acceptors (Lipinski definition) is 6. The van der Waals surface area contributed by atoms with Crippen LogP contribution in [0.4, 0.5) is 23.0 Å². The summed E-state index contributed by atoms with van der Waals surface area (Å²) in [6.07, 6.45) is 0.981. The Hall–Kier alpha value is -3.12. The van der Waals surface area contributed by atoms with Gasteiger partial charge in [0.05, 0.1) is 23.4 Å². The Balaban J connectivity index is 1.67. The molecular weight excluding hydrogens is 376 g/mol. The van der Waals surface area contributed by atoms with Gasteiger partial charge in [-0.1, -0.05) is 29.8 Å². The zero-order valence-electron chi connectivity index (χ0n) is 15.6. The van der Waals surface area contributed by atoms with Crippen LogP contribution in [0.1, 0.15) is 21.7 Å². The van der Waals surface area contributed by atoms with E-state index in [1.54, 1.807) is 18.2 Å². The monoisotopic (exact) mass is 394 g/mol. The van der Waals surface area contributed by atoms with Gasteiger partial charge in [-0.25, -0.2) is 14.8 Å². The predicted octanol–water partition coefficient (Wildman–Crippen LogP) is 4.66. The molecule has 2 heterocycles. The summed E-state index contributed by atoms with van der Waals surface area (Å²) in [4.78, 5) is 23.1. The fourth-order valence-electron chi connectivity index (χ4n) is 3.33. The molecular formula is C21H19ClN4O2. The Kier molecular flexibility index (Phi) is 4.88. The van der Waals surface area contributed by atoms with Crippen LogP contribution in [-0.4, -0.2) is 29.6 Å². The molecule has 0 bridgehead atoms. The molecule has 3 aromatic rings. The van der Waals surface area contributed by atoms with E-state index in [0.29, 0.717) is 27.9 Å². The van der Waals surface area contributed by atoms with Crippen LogP contribution >= 0.6 is 11.6 Å². The number of carbonyl (C=O) groups excluding carboxylic acids is 1. The molecule has 28 heavy (non-hydrogen) atoms. The van der Waals surface area contributed by atoms with Crippen LogP contribution in [0.2, 0.25) is 5.02 Å². The SMILES string of the molecule is COC(=O)c1ccc(Cl)c(Nc2cc(N3CCc4ccccc43)nc(C)n2)c1. The summed E-state index contributed by atoms with van der Waals surface area (Å²) >= 11 is 6.30. The lowest BCUT2D eigenvalue weighted by Gasteiger charge is -2.20. The second-order valence-corrected chi connectivity index (χ2v) is 6.91. The number of nitrogens with one attached hydrogen (secondary N) is 1. The number of methoxy groups -OCH3 is 1. The molecule has 0 fully saturated rings. The maximum atomic E-state index is 11.8. The van der Waals surface area contributed by atoms with Gasteiger partial charge in [0.15, 0.2) is 0 Å². The van der Waals surface area contributed by atoms with Gasteiger partial charge < -0.3 is 15.0 Å². The largest absolute Gasteiger partial charge is 0.465 e. The minimum Gasteiger partial charge on any atom is -0.465 e. The van der Waals surface area contributed by atoms with Crippen molar-refractivity contribution in [1.82, 2.24) is 9.97 Å². The molecule has 142 valence electrons. The highest BCUT2D eigenvalue weighted by molar-refractivity contribution is 6.33. The maximum absolute atomic E-state index is 11.8. The first-order valence-corrected chi connectivity index (χ1v) is 9.29. The molecule has 0 saturated heterocycles. The van der Waals surface area contributed by atoms with Crippen molar-refractivity contribution in [2.45, 2.75) is 13.3 Å². The van der Waals surface area contributed by atoms with Gasteiger partial charge in [0, 0.05) is 18.3 Å². The van der Waals surface area contributed by atoms with Crippen molar-refractivity contribution in [2.75, 3.05) is 23.9 Å². The lowest BCUT2D eigenvalue weighted by Crippen LogP contribution is -2.16. The van der Waals surface area contributed by atoms with Gasteiger partial charge >= 0.3 is 5.97 Å². The standard InChI is InChI=1S/C21H19ClN4O2/c1-13-23-19(25-17-11-15(21(27)28-2)7-8-16(17)22)12-20(24-13)26-10-9-14-5-3-4-6-18(14)26/h3-8,11-12H,9-10H2,1-2H3,(H,23,24,25). The van der Waals surface area contributed by atoms with E-state index in [1.165, 1.54) is 12.7 Å². The summed E-state index contributed by atoms with van der Waals surface area (Å²) in [5.74, 6) is 1.65. The third-order valence-electron chi connectivity index (χ3n) is 4.64. The normalized spacial score (nSPS) is 12.6. The van der Waals surface area contributed by atoms with E-state index >= 15 is 0 Å². The van der Waals surface area contributed by atoms with Crippen LogP contribution < -0.4 is 10.2 Å². The molecule has 6 nitrogen and oxygen atoms in total. The first kappa shape index (κ1) is 18.3. The van der Waals surface area contributed by atoms with E-state index in [0.717, 1.165) is 24.5 Å². The number of benzene rings is 2. The summed E-state index contributed by atoms with van der Waals surface area (Å²) in [5.41, 5.74) is 3.46. The highest BCUT2D eigenvalue weighted by Gasteiger charge is 2.21. The number of nitrogens with zero attached hydrogens (tertiary/aromatic N) is 3. The molecule has 1 aliphatic heterocycles. The third-order valence-corrected chi connectivity index (χ3v) is 4.97. The number of anilines is 4. The van der Waals surface area contributed by atoms with E-state index in [1.807, 2.05) is 19.1 Å². The van der Waals surface area contributed by atoms with E-state index < -0.39 is 5.97 Å². The molecule has 0 amide bonds. The highest BCUT2D eigenvalue weighted by atomic mass is 35.5. The quantitative estimate of drug-likeness (QED) is 0.649. The Morgan fingerprint density at radius 3 is 2.82 bits per heavy atom. The second kappa shape index (κ2) is 7.48. The molecule has 7 heteroatoms. The number of hydrogen-bond donors (Lipinski definition) is 1. The molecule has 0 saturated carbocycles. The van der Waals surface area contributed by atoms with Crippen LogP contribution in [0, 0.1) is 6.92 Å². The minimum atomic E-state index is -0.423. The fourth-order valence-corrected chi connectivity index (χ4v) is 3.50. The molecule has 1 aliphatic rings. The molecule has 0 unspecified atom stereocenters. The first-order valence-electron chi connectivity index (χ1n) is 8.91. The number of rotatable bonds is 4. The Morgan fingerprint density at radius 2 is 2.00 bits per heavy atom. The number of halogens is 1. The number of aromatic nitrogens is 2. The number of esters is 1. The van der Waals surface area contributed by atoms with E-state index in [9.17, 15) is 4.79 Å². The summed E-state index contributed by atoms with van der Waals surface area (Å²) < 4.78 is 4.78. The second-order valence-electron chi connectivity index (χ2n) is 6.50. The van der Waals surface area contributed by atoms with Crippen molar-refractivity contribution in [3.05, 3.63) is 70.5 Å². The molecule has 0 radical (unpaired) electrons. The van der Waals surface area contributed by atoms with Gasteiger partial charge in [0.1, 0.15) is 17.5 Å². The summed E-state index contributed by atoms with van der Waals surface area (Å²) in [5, 5.41) is 3.69. The number of ether oxygens (including phenoxy) is 1. The van der Waals surface area contributed by atoms with Gasteiger partial charge in [0.2, 0.25) is 0 Å². The smallest absolute Gasteiger partial charge is 0.337 e. The van der Waals surface area contributed by atoms with Crippen LogP contribution in [0.25, 0.3) is 0 Å². The summed E-state index contributed by atoms with van der Waals surface area (Å²) in [7, 11) is 1.35. The van der Waals surface area contributed by atoms with Gasteiger partial charge in [-0.05, 0) is 43.2 Å². The fraction of sp³-hybridized carbons (Fsp3) is 0.190. The molecule has 0 aliphatic carbocycles. The minimum absolute atomic E-state index is 0.411. The van der Waals surface area contributed by atoms with Crippen molar-refractivity contribution in [3.8, 4) is 0 Å². The molecule has 2 aromatic carbocycles. The van der Waals surface area contributed by atoms with Crippen molar-refractivity contribution in [2.24, 2.45) is 0 Å². The van der Waals surface area contributed by atoms with E-state index in [4.69, 9.17) is 16.3 Å². The number of fused-ring (bicyclic) bond motifs is 1. The van der Waals surface area contributed by atoms with Crippen molar-refractivity contribution < 1.29 is 9.53 Å². The molecule has 4 rings (SSSR count). The zero-order valence-corrected chi connectivity index (χ0v) is 16.3. The number of carbonyl (C=O) groups is 1. The zero-order chi connectivity index (χ0) is 19.7. The van der Waals surface area contributed by atoms with Crippen LogP contribution in [0.15, 0.2) is 48.5 Å². The molecule has 1 aromatic heterocycles. The van der Waals surface area contributed by atoms with E-state index in [-0.39, 0.29) is 0 Å². The summed E-state index contributed by atoms with van der Waals surface area (Å²) in [6, 6.07) is 15.1. The number of para-hydroxylation sites is 1. The van der Waals surface area contributed by atoms with Crippen molar-refractivity contribution in [1.29, 1.82) is 0 Å². The number of aryl methyl sites for hydroxylation is 1. The Morgan fingerprint density at radius 1 is 1.18 bits per heavy atom. The van der Waals surface area contributed by atoms with Gasteiger partial charge in [-0.2, -0.15) is 0 Å². The Bertz CT molecular complexity index is 1050. The van der Waals surface area contributed by atoms with Crippen LogP contribution in [-0.2, 0) is 11.2 Å². The topological polar surface area (TPSA) is 67.3 Å². The highest BCUT2D eigenvalue weighted by Crippen LogP contribution is 2.34. The summed E-state index contributed by atoms with van der Waals surface area (Å²) in [6.45, 7) is 2.72. The van der Waals surface area contributed by atoms with Gasteiger partial charge in [-0.15, -0.1) is 0 Å². The molecule has 0 spiro atoms. The van der Waals surface area contributed by atoms with Crippen molar-refractivity contribution >= 4 is 40.6 Å². The lowest BCUT2D eigenvalue weighted by atomic mass is 10.2. The first-order chi connectivity index (χ1) is 13.5. The van der Waals surface area contributed by atoms with Gasteiger partial charge in [-0.3, -0.25) is 0 Å². The molecule has 1 N–H and O–H groups in total. The Labute approximate surface area is 168 Å². The third kappa shape index (κ3) is 3.51. The molecule has 0 atom stereocenters. The van der Waals surface area contributed by atoms with E-state index in [2.05, 4.69) is 38.4 Å². The lowest BCUT2D eigenvalue weighted by molar-refractivity contribution is 0.0601. The predicted molar refractivity (Wildman–Crippen MR) is 110 cm³/mol.